The third-order valence-corrected chi connectivity index (χ3v) is 6.01. The Morgan fingerprint density at radius 1 is 1.38 bits per heavy atom. The van der Waals surface area contributed by atoms with Crippen LogP contribution in [0.1, 0.15) is 47.3 Å². The molecule has 5 nitrogen and oxygen atoms in total. The summed E-state index contributed by atoms with van der Waals surface area (Å²) in [5.74, 6) is 0.0869. The normalized spacial score (nSPS) is 16.1. The standard InChI is InChI=1S/C18H21N3O2S/c1-20(13-7-3-2-4-8-13)17(23)15-10-21-14-9-5-6-12(11-22)16(14)19-18(21)24-15/h5-6,9-10,13,22H,2-4,7-8,11H2,1H3. The van der Waals surface area contributed by atoms with Crippen molar-refractivity contribution in [3.8, 4) is 0 Å². The molecule has 0 saturated heterocycles. The highest BCUT2D eigenvalue weighted by molar-refractivity contribution is 7.18. The molecule has 1 amide bonds. The van der Waals surface area contributed by atoms with E-state index in [1.165, 1.54) is 30.6 Å². The lowest BCUT2D eigenvalue weighted by atomic mass is 9.94. The minimum absolute atomic E-state index is 0.0294. The first-order valence-corrected chi connectivity index (χ1v) is 9.28. The van der Waals surface area contributed by atoms with E-state index >= 15 is 0 Å². The summed E-state index contributed by atoms with van der Waals surface area (Å²) in [6.45, 7) is -0.0294. The number of fused-ring (bicyclic) bond motifs is 3. The lowest BCUT2D eigenvalue weighted by Crippen LogP contribution is -2.37. The van der Waals surface area contributed by atoms with Crippen LogP contribution in [-0.2, 0) is 6.61 Å². The fourth-order valence-corrected chi connectivity index (χ4v) is 4.60. The van der Waals surface area contributed by atoms with Gasteiger partial charge in [0.1, 0.15) is 4.88 Å². The molecule has 2 heterocycles. The number of aliphatic hydroxyl groups is 1. The Balaban J connectivity index is 1.68. The summed E-state index contributed by atoms with van der Waals surface area (Å²) in [7, 11) is 1.92. The fourth-order valence-electron chi connectivity index (χ4n) is 3.63. The van der Waals surface area contributed by atoms with Gasteiger partial charge in [-0.25, -0.2) is 4.98 Å². The highest BCUT2D eigenvalue weighted by atomic mass is 32.1. The van der Waals surface area contributed by atoms with Gasteiger partial charge in [-0.2, -0.15) is 0 Å². The Morgan fingerprint density at radius 2 is 2.17 bits per heavy atom. The molecule has 4 rings (SSSR count). The molecule has 1 N–H and O–H groups in total. The maximum atomic E-state index is 12.8. The lowest BCUT2D eigenvalue weighted by Gasteiger charge is -2.30. The SMILES string of the molecule is CN(C(=O)c1cn2c(nc3c(CO)cccc32)s1)C1CCCCC1. The molecular formula is C18H21N3O2S. The van der Waals surface area contributed by atoms with Crippen molar-refractivity contribution < 1.29 is 9.90 Å². The van der Waals surface area contributed by atoms with Crippen LogP contribution in [-0.4, -0.2) is 38.4 Å². The number of benzene rings is 1. The summed E-state index contributed by atoms with van der Waals surface area (Å²) in [5.41, 5.74) is 2.56. The van der Waals surface area contributed by atoms with Crippen molar-refractivity contribution in [3.63, 3.8) is 0 Å². The summed E-state index contributed by atoms with van der Waals surface area (Å²) >= 11 is 1.42. The van der Waals surface area contributed by atoms with E-state index in [9.17, 15) is 9.90 Å². The Labute approximate surface area is 144 Å². The number of rotatable bonds is 3. The molecule has 1 aliphatic rings. The van der Waals surface area contributed by atoms with Gasteiger partial charge in [-0.3, -0.25) is 9.20 Å². The third-order valence-electron chi connectivity index (χ3n) is 5.04. The number of amides is 1. The van der Waals surface area contributed by atoms with E-state index in [-0.39, 0.29) is 12.5 Å². The molecule has 6 heteroatoms. The van der Waals surface area contributed by atoms with E-state index in [0.717, 1.165) is 39.3 Å². The Morgan fingerprint density at radius 3 is 2.92 bits per heavy atom. The Bertz CT molecular complexity index is 892. The number of nitrogens with zero attached hydrogens (tertiary/aromatic N) is 3. The van der Waals surface area contributed by atoms with Crippen LogP contribution in [0.4, 0.5) is 0 Å². The van der Waals surface area contributed by atoms with Gasteiger partial charge in [0.2, 0.25) is 0 Å². The van der Waals surface area contributed by atoms with Gasteiger partial charge < -0.3 is 10.0 Å². The quantitative estimate of drug-likeness (QED) is 0.792. The number of hydrogen-bond acceptors (Lipinski definition) is 4. The van der Waals surface area contributed by atoms with E-state index < -0.39 is 0 Å². The molecule has 3 aromatic rings. The first-order chi connectivity index (χ1) is 11.7. The Kier molecular flexibility index (Phi) is 4.02. The maximum absolute atomic E-state index is 12.8. The monoisotopic (exact) mass is 343 g/mol. The third kappa shape index (κ3) is 2.50. The predicted octanol–water partition coefficient (Wildman–Crippen LogP) is 3.45. The number of aromatic nitrogens is 2. The van der Waals surface area contributed by atoms with E-state index in [2.05, 4.69) is 4.98 Å². The molecule has 0 radical (unpaired) electrons. The molecule has 0 spiro atoms. The van der Waals surface area contributed by atoms with Crippen LogP contribution in [0, 0.1) is 0 Å². The van der Waals surface area contributed by atoms with Gasteiger partial charge in [-0.15, -0.1) is 0 Å². The second-order valence-corrected chi connectivity index (χ2v) is 7.52. The van der Waals surface area contributed by atoms with E-state index in [4.69, 9.17) is 0 Å². The molecule has 126 valence electrons. The van der Waals surface area contributed by atoms with Crippen molar-refractivity contribution in [3.05, 3.63) is 34.8 Å². The number of imidazole rings is 1. The lowest BCUT2D eigenvalue weighted by molar-refractivity contribution is 0.0701. The number of para-hydroxylation sites is 1. The molecule has 0 aliphatic heterocycles. The largest absolute Gasteiger partial charge is 0.392 e. The zero-order chi connectivity index (χ0) is 16.7. The van der Waals surface area contributed by atoms with Gasteiger partial charge in [0.15, 0.2) is 4.96 Å². The minimum atomic E-state index is -0.0294. The summed E-state index contributed by atoms with van der Waals surface area (Å²) in [6.07, 6.45) is 7.80. The first-order valence-electron chi connectivity index (χ1n) is 8.46. The van der Waals surface area contributed by atoms with Crippen molar-refractivity contribution in [2.75, 3.05) is 7.05 Å². The van der Waals surface area contributed by atoms with Crippen LogP contribution < -0.4 is 0 Å². The minimum Gasteiger partial charge on any atom is -0.392 e. The van der Waals surface area contributed by atoms with Crippen molar-refractivity contribution >= 4 is 33.2 Å². The number of thiazole rings is 1. The summed E-state index contributed by atoms with van der Waals surface area (Å²) in [5, 5.41) is 9.45. The predicted molar refractivity (Wildman–Crippen MR) is 95.5 cm³/mol. The molecule has 0 atom stereocenters. The van der Waals surface area contributed by atoms with Crippen LogP contribution in [0.15, 0.2) is 24.4 Å². The van der Waals surface area contributed by atoms with Crippen molar-refractivity contribution in [2.45, 2.75) is 44.8 Å². The molecule has 2 aromatic heterocycles. The fraction of sp³-hybridized carbons (Fsp3) is 0.444. The molecule has 1 fully saturated rings. The molecule has 1 saturated carbocycles. The van der Waals surface area contributed by atoms with Crippen LogP contribution in [0.5, 0.6) is 0 Å². The average Bonchev–Trinajstić information content (AvgIpc) is 3.19. The van der Waals surface area contributed by atoms with Gasteiger partial charge in [0, 0.05) is 24.8 Å². The van der Waals surface area contributed by atoms with Crippen LogP contribution in [0.25, 0.3) is 16.0 Å². The van der Waals surface area contributed by atoms with Gasteiger partial charge in [-0.05, 0) is 18.9 Å². The van der Waals surface area contributed by atoms with E-state index in [1.54, 1.807) is 0 Å². The zero-order valence-electron chi connectivity index (χ0n) is 13.7. The highest BCUT2D eigenvalue weighted by Gasteiger charge is 2.25. The van der Waals surface area contributed by atoms with Gasteiger partial charge in [0.25, 0.3) is 5.91 Å². The summed E-state index contributed by atoms with van der Waals surface area (Å²) < 4.78 is 1.96. The van der Waals surface area contributed by atoms with Crippen LogP contribution in [0.2, 0.25) is 0 Å². The highest BCUT2D eigenvalue weighted by Crippen LogP contribution is 2.28. The molecule has 1 aliphatic carbocycles. The van der Waals surface area contributed by atoms with Crippen molar-refractivity contribution in [2.24, 2.45) is 0 Å². The number of carbonyl (C=O) groups is 1. The van der Waals surface area contributed by atoms with Gasteiger partial charge in [-0.1, -0.05) is 42.7 Å². The molecule has 0 bridgehead atoms. The van der Waals surface area contributed by atoms with Crippen LogP contribution in [0.3, 0.4) is 0 Å². The summed E-state index contributed by atoms with van der Waals surface area (Å²) in [6, 6.07) is 6.12. The van der Waals surface area contributed by atoms with Gasteiger partial charge >= 0.3 is 0 Å². The molecule has 0 unspecified atom stereocenters. The number of carbonyl (C=O) groups excluding carboxylic acids is 1. The second kappa shape index (κ2) is 6.18. The maximum Gasteiger partial charge on any atom is 0.265 e. The van der Waals surface area contributed by atoms with Gasteiger partial charge in [0.05, 0.1) is 17.6 Å². The number of hydrogen-bond donors (Lipinski definition) is 1. The van der Waals surface area contributed by atoms with Crippen molar-refractivity contribution in [1.29, 1.82) is 0 Å². The summed E-state index contributed by atoms with van der Waals surface area (Å²) in [4.78, 5) is 20.9. The van der Waals surface area contributed by atoms with E-state index in [0.29, 0.717) is 6.04 Å². The zero-order valence-corrected chi connectivity index (χ0v) is 14.6. The first kappa shape index (κ1) is 15.6. The number of aliphatic hydroxyl groups excluding tert-OH is 1. The molecular weight excluding hydrogens is 322 g/mol. The topological polar surface area (TPSA) is 57.8 Å². The Hall–Kier alpha value is -1.92. The molecule has 1 aromatic carbocycles. The average molecular weight is 343 g/mol. The second-order valence-electron chi connectivity index (χ2n) is 6.51. The van der Waals surface area contributed by atoms with Crippen LogP contribution >= 0.6 is 11.3 Å². The smallest absolute Gasteiger partial charge is 0.265 e. The van der Waals surface area contributed by atoms with Crippen molar-refractivity contribution in [1.82, 2.24) is 14.3 Å². The molecule has 24 heavy (non-hydrogen) atoms. The van der Waals surface area contributed by atoms with E-state index in [1.807, 2.05) is 40.7 Å².